The normalized spacial score (nSPS) is 10.5. The van der Waals surface area contributed by atoms with Crippen molar-refractivity contribution in [2.75, 3.05) is 26.0 Å². The molecule has 27 heavy (non-hydrogen) atoms. The zero-order valence-electron chi connectivity index (χ0n) is 15.7. The third-order valence-electron chi connectivity index (χ3n) is 4.25. The van der Waals surface area contributed by atoms with Gasteiger partial charge in [-0.2, -0.15) is 0 Å². The minimum absolute atomic E-state index is 0.0498. The number of likely N-dealkylation sites (N-methyl/N-ethyl adjacent to an activating group) is 1. The van der Waals surface area contributed by atoms with Crippen LogP contribution in [0.15, 0.2) is 60.7 Å². The summed E-state index contributed by atoms with van der Waals surface area (Å²) >= 11 is 0. The molecule has 5 heteroatoms. The van der Waals surface area contributed by atoms with Crippen LogP contribution >= 0.6 is 0 Å². The lowest BCUT2D eigenvalue weighted by Gasteiger charge is -2.14. The topological polar surface area (TPSA) is 58.6 Å². The summed E-state index contributed by atoms with van der Waals surface area (Å²) in [6.45, 7) is 1.93. The second-order valence-electron chi connectivity index (χ2n) is 6.56. The Bertz CT molecular complexity index is 996. The van der Waals surface area contributed by atoms with E-state index in [1.807, 2.05) is 55.5 Å². The summed E-state index contributed by atoms with van der Waals surface area (Å²) in [5, 5.41) is 4.50. The number of amides is 2. The van der Waals surface area contributed by atoms with Crippen LogP contribution in [0, 0.1) is 6.92 Å². The van der Waals surface area contributed by atoms with Crippen LogP contribution in [0.3, 0.4) is 0 Å². The molecular weight excluding hydrogens is 340 g/mol. The highest BCUT2D eigenvalue weighted by atomic mass is 16.5. The van der Waals surface area contributed by atoms with Crippen molar-refractivity contribution in [1.29, 1.82) is 0 Å². The number of aryl methyl sites for hydroxylation is 1. The predicted molar refractivity (Wildman–Crippen MR) is 107 cm³/mol. The molecule has 0 unspecified atom stereocenters. The van der Waals surface area contributed by atoms with Gasteiger partial charge < -0.3 is 15.0 Å². The monoisotopic (exact) mass is 362 g/mol. The van der Waals surface area contributed by atoms with Crippen molar-refractivity contribution in [2.45, 2.75) is 6.92 Å². The third-order valence-corrected chi connectivity index (χ3v) is 4.25. The number of nitrogens with one attached hydrogen (secondary N) is 1. The van der Waals surface area contributed by atoms with Crippen LogP contribution in [0.25, 0.3) is 10.8 Å². The molecule has 3 aromatic carbocycles. The van der Waals surface area contributed by atoms with Gasteiger partial charge in [-0.3, -0.25) is 9.59 Å². The van der Waals surface area contributed by atoms with E-state index in [1.54, 1.807) is 26.2 Å². The van der Waals surface area contributed by atoms with Crippen molar-refractivity contribution in [1.82, 2.24) is 4.90 Å². The highest BCUT2D eigenvalue weighted by molar-refractivity contribution is 6.14. The molecule has 0 spiro atoms. The van der Waals surface area contributed by atoms with Crippen molar-refractivity contribution in [2.24, 2.45) is 0 Å². The summed E-state index contributed by atoms with van der Waals surface area (Å²) in [7, 11) is 3.37. The largest absolute Gasteiger partial charge is 0.483 e. The van der Waals surface area contributed by atoms with Crippen LogP contribution in [-0.4, -0.2) is 37.4 Å². The molecule has 0 atom stereocenters. The molecule has 1 N–H and O–H groups in total. The SMILES string of the molecule is Cc1cccc(NC(=O)c2ccc(OCC(=O)N(C)C)c3ccccc23)c1. The van der Waals surface area contributed by atoms with Crippen LogP contribution in [-0.2, 0) is 4.79 Å². The number of hydrogen-bond acceptors (Lipinski definition) is 3. The molecule has 138 valence electrons. The van der Waals surface area contributed by atoms with Crippen LogP contribution in [0.5, 0.6) is 5.75 Å². The van der Waals surface area contributed by atoms with Gasteiger partial charge >= 0.3 is 0 Å². The second kappa shape index (κ2) is 7.91. The number of ether oxygens (including phenoxy) is 1. The van der Waals surface area contributed by atoms with Gasteiger partial charge in [-0.25, -0.2) is 0 Å². The summed E-state index contributed by atoms with van der Waals surface area (Å²) in [5.74, 6) is 0.265. The van der Waals surface area contributed by atoms with Gasteiger partial charge in [-0.15, -0.1) is 0 Å². The van der Waals surface area contributed by atoms with E-state index >= 15 is 0 Å². The number of nitrogens with zero attached hydrogens (tertiary/aromatic N) is 1. The fourth-order valence-electron chi connectivity index (χ4n) is 2.79. The highest BCUT2D eigenvalue weighted by Crippen LogP contribution is 2.29. The molecule has 0 aromatic heterocycles. The van der Waals surface area contributed by atoms with Gasteiger partial charge in [0.2, 0.25) is 0 Å². The minimum atomic E-state index is -0.187. The third kappa shape index (κ3) is 4.26. The zero-order chi connectivity index (χ0) is 19.4. The molecule has 3 rings (SSSR count). The minimum Gasteiger partial charge on any atom is -0.483 e. The Hall–Kier alpha value is -3.34. The van der Waals surface area contributed by atoms with Gasteiger partial charge in [0.05, 0.1) is 0 Å². The Morgan fingerprint density at radius 2 is 1.70 bits per heavy atom. The molecule has 0 aliphatic carbocycles. The van der Waals surface area contributed by atoms with Gasteiger partial charge in [-0.05, 0) is 42.1 Å². The smallest absolute Gasteiger partial charge is 0.259 e. The molecule has 0 aliphatic heterocycles. The Morgan fingerprint density at radius 1 is 0.963 bits per heavy atom. The van der Waals surface area contributed by atoms with E-state index in [0.29, 0.717) is 11.3 Å². The molecule has 2 amide bonds. The lowest BCUT2D eigenvalue weighted by Crippen LogP contribution is -2.27. The van der Waals surface area contributed by atoms with Crippen LogP contribution in [0.1, 0.15) is 15.9 Å². The number of rotatable bonds is 5. The van der Waals surface area contributed by atoms with Gasteiger partial charge in [0, 0.05) is 30.7 Å². The summed E-state index contributed by atoms with van der Waals surface area (Å²) in [6.07, 6.45) is 0. The van der Waals surface area contributed by atoms with E-state index in [4.69, 9.17) is 4.74 Å². The summed E-state index contributed by atoms with van der Waals surface area (Å²) < 4.78 is 5.69. The molecule has 3 aromatic rings. The van der Waals surface area contributed by atoms with E-state index in [1.165, 1.54) is 4.90 Å². The summed E-state index contributed by atoms with van der Waals surface area (Å²) in [5.41, 5.74) is 2.38. The molecule has 0 radical (unpaired) electrons. The van der Waals surface area contributed by atoms with E-state index in [2.05, 4.69) is 5.32 Å². The number of anilines is 1. The molecule has 0 fully saturated rings. The van der Waals surface area contributed by atoms with Crippen molar-refractivity contribution in [3.8, 4) is 5.75 Å². The molecule has 0 heterocycles. The van der Waals surface area contributed by atoms with Crippen LogP contribution < -0.4 is 10.1 Å². The maximum absolute atomic E-state index is 12.8. The van der Waals surface area contributed by atoms with E-state index < -0.39 is 0 Å². The quantitative estimate of drug-likeness (QED) is 0.750. The average Bonchev–Trinajstić information content (AvgIpc) is 2.65. The van der Waals surface area contributed by atoms with E-state index in [9.17, 15) is 9.59 Å². The van der Waals surface area contributed by atoms with Crippen molar-refractivity contribution >= 4 is 28.3 Å². The van der Waals surface area contributed by atoms with E-state index in [0.717, 1.165) is 22.0 Å². The Balaban J connectivity index is 1.90. The molecule has 0 saturated carbocycles. The van der Waals surface area contributed by atoms with Crippen molar-refractivity contribution in [3.05, 3.63) is 71.8 Å². The lowest BCUT2D eigenvalue weighted by molar-refractivity contribution is -0.130. The Morgan fingerprint density at radius 3 is 2.41 bits per heavy atom. The maximum atomic E-state index is 12.8. The first-order valence-electron chi connectivity index (χ1n) is 8.68. The predicted octanol–water partition coefficient (Wildman–Crippen LogP) is 3.87. The van der Waals surface area contributed by atoms with Crippen LogP contribution in [0.2, 0.25) is 0 Å². The molecule has 0 bridgehead atoms. The zero-order valence-corrected chi connectivity index (χ0v) is 15.7. The number of fused-ring (bicyclic) bond motifs is 1. The second-order valence-corrected chi connectivity index (χ2v) is 6.56. The summed E-state index contributed by atoms with van der Waals surface area (Å²) in [6, 6.07) is 18.6. The van der Waals surface area contributed by atoms with Gasteiger partial charge in [-0.1, -0.05) is 36.4 Å². The number of carbonyl (C=O) groups is 2. The number of benzene rings is 3. The lowest BCUT2D eigenvalue weighted by atomic mass is 10.0. The molecule has 0 saturated heterocycles. The van der Waals surface area contributed by atoms with E-state index in [-0.39, 0.29) is 18.4 Å². The average molecular weight is 362 g/mol. The highest BCUT2D eigenvalue weighted by Gasteiger charge is 2.14. The Labute approximate surface area is 158 Å². The number of hydrogen-bond donors (Lipinski definition) is 1. The Kier molecular flexibility index (Phi) is 5.41. The van der Waals surface area contributed by atoms with Gasteiger partial charge in [0.1, 0.15) is 5.75 Å². The number of carbonyl (C=O) groups excluding carboxylic acids is 2. The van der Waals surface area contributed by atoms with Gasteiger partial charge in [0.25, 0.3) is 11.8 Å². The fourth-order valence-corrected chi connectivity index (χ4v) is 2.79. The molecule has 5 nitrogen and oxygen atoms in total. The first-order chi connectivity index (χ1) is 13.0. The van der Waals surface area contributed by atoms with Crippen LogP contribution in [0.4, 0.5) is 5.69 Å². The molecule has 0 aliphatic rings. The molecular formula is C22H22N2O3. The standard InChI is InChI=1S/C22H22N2O3/c1-15-7-6-8-16(13-15)23-22(26)19-11-12-20(27-14-21(25)24(2)3)18-10-5-4-9-17(18)19/h4-13H,14H2,1-3H3,(H,23,26). The maximum Gasteiger partial charge on any atom is 0.259 e. The van der Waals surface area contributed by atoms with Gasteiger partial charge in [0.15, 0.2) is 6.61 Å². The first kappa shape index (κ1) is 18.5. The van der Waals surface area contributed by atoms with Crippen molar-refractivity contribution < 1.29 is 14.3 Å². The fraction of sp³-hybridized carbons (Fsp3) is 0.182. The first-order valence-corrected chi connectivity index (χ1v) is 8.68. The summed E-state index contributed by atoms with van der Waals surface area (Å²) in [4.78, 5) is 26.1. The van der Waals surface area contributed by atoms with Crippen molar-refractivity contribution in [3.63, 3.8) is 0 Å².